The van der Waals surface area contributed by atoms with Crippen molar-refractivity contribution in [1.29, 1.82) is 0 Å². The smallest absolute Gasteiger partial charge is 0.326 e. The van der Waals surface area contributed by atoms with Crippen LogP contribution in [0.2, 0.25) is 0 Å². The summed E-state index contributed by atoms with van der Waals surface area (Å²) in [6.07, 6.45) is -6.16. The van der Waals surface area contributed by atoms with Crippen molar-refractivity contribution in [3.63, 3.8) is 0 Å². The van der Waals surface area contributed by atoms with E-state index in [2.05, 4.69) is 5.32 Å². The first-order chi connectivity index (χ1) is 18.4. The van der Waals surface area contributed by atoms with Crippen LogP contribution < -0.4 is 15.0 Å². The second kappa shape index (κ2) is 11.3. The Labute approximate surface area is 221 Å². The van der Waals surface area contributed by atoms with Gasteiger partial charge < -0.3 is 55.2 Å². The summed E-state index contributed by atoms with van der Waals surface area (Å²) in [6.45, 7) is -0.688. The van der Waals surface area contributed by atoms with Crippen molar-refractivity contribution in [2.45, 2.75) is 68.1 Å². The van der Waals surface area contributed by atoms with Gasteiger partial charge in [-0.1, -0.05) is 11.6 Å². The summed E-state index contributed by atoms with van der Waals surface area (Å²) in [5.41, 5.74) is 1.32. The summed E-state index contributed by atoms with van der Waals surface area (Å²) >= 11 is 0. The van der Waals surface area contributed by atoms with E-state index >= 15 is 0 Å². The summed E-state index contributed by atoms with van der Waals surface area (Å²) in [6, 6.07) is -0.693. The predicted octanol–water partition coefficient (Wildman–Crippen LogP) is -2.40. The van der Waals surface area contributed by atoms with Crippen molar-refractivity contribution in [2.75, 3.05) is 18.1 Å². The SMILES string of the molecule is O=C(O)C1CC(=CCN2c3cc(O)c(O[C@@H]4O[C@H](CO)[C@@H](O)[C@H](O)[C@H]4O)cc3CC2C(=O)O)CC(C(=O)O)N1. The first-order valence-corrected chi connectivity index (χ1v) is 12.1. The van der Waals surface area contributed by atoms with Crippen LogP contribution in [0.4, 0.5) is 5.69 Å². The number of hydrogen-bond acceptors (Lipinski definition) is 12. The van der Waals surface area contributed by atoms with E-state index in [1.54, 1.807) is 6.08 Å². The maximum Gasteiger partial charge on any atom is 0.326 e. The number of piperidine rings is 1. The number of rotatable bonds is 8. The molecule has 0 aliphatic carbocycles. The number of carboxylic acid groups (broad SMARTS) is 3. The van der Waals surface area contributed by atoms with Gasteiger partial charge in [-0.25, -0.2) is 4.79 Å². The number of nitrogens with one attached hydrogen (secondary N) is 1. The van der Waals surface area contributed by atoms with E-state index in [-0.39, 0.29) is 31.6 Å². The fourth-order valence-electron chi connectivity index (χ4n) is 5.03. The Morgan fingerprint density at radius 1 is 0.974 bits per heavy atom. The number of aromatic hydroxyl groups is 1. The van der Waals surface area contributed by atoms with Gasteiger partial charge in [-0.2, -0.15) is 0 Å². The van der Waals surface area contributed by atoms with E-state index in [1.165, 1.54) is 17.0 Å². The number of fused-ring (bicyclic) bond motifs is 1. The lowest BCUT2D eigenvalue weighted by Crippen LogP contribution is -2.60. The predicted molar refractivity (Wildman–Crippen MR) is 128 cm³/mol. The molecule has 4 rings (SSSR count). The standard InChI is InChI=1S/C24H30N2O13/c27-8-17-18(29)19(30)20(31)24(39-17)38-16-6-10-5-14(23(36)37)26(13(10)7-15(16)28)2-1-9-3-11(21(32)33)25-12(4-9)22(34)35/h1,6-7,11-12,14,17-20,24-25,27-31H,2-5,8H2,(H,32,33)(H,34,35)(H,36,37)/t11?,12?,14?,17-,18-,19+,20-,24-/m1/s1. The molecule has 9 N–H and O–H groups in total. The number of phenolic OH excluding ortho intramolecular Hbond substituents is 1. The van der Waals surface area contributed by atoms with Gasteiger partial charge in [0.05, 0.1) is 6.61 Å². The molecule has 0 saturated carbocycles. The minimum atomic E-state index is -1.72. The number of aliphatic hydroxyl groups is 4. The van der Waals surface area contributed by atoms with Crippen molar-refractivity contribution in [3.8, 4) is 11.5 Å². The molecular formula is C24H30N2O13. The van der Waals surface area contributed by atoms with Crippen LogP contribution in [-0.4, -0.2) is 121 Å². The molecule has 1 aromatic carbocycles. The third-order valence-electron chi connectivity index (χ3n) is 7.14. The van der Waals surface area contributed by atoms with Gasteiger partial charge in [-0.3, -0.25) is 14.9 Å². The average Bonchev–Trinajstić information content (AvgIpc) is 3.24. The molecule has 3 heterocycles. The molecule has 0 radical (unpaired) electrons. The molecule has 214 valence electrons. The monoisotopic (exact) mass is 554 g/mol. The topological polar surface area (TPSA) is 247 Å². The van der Waals surface area contributed by atoms with Crippen LogP contribution in [0.25, 0.3) is 0 Å². The molecule has 15 heteroatoms. The molecule has 3 aliphatic rings. The first kappa shape index (κ1) is 28.5. The number of carboxylic acids is 3. The normalized spacial score (nSPS) is 32.4. The summed E-state index contributed by atoms with van der Waals surface area (Å²) in [4.78, 5) is 36.4. The molecule has 39 heavy (non-hydrogen) atoms. The molecule has 2 fully saturated rings. The second-order valence-corrected chi connectivity index (χ2v) is 9.69. The fraction of sp³-hybridized carbons (Fsp3) is 0.542. The molecule has 15 nitrogen and oxygen atoms in total. The van der Waals surface area contributed by atoms with Gasteiger partial charge >= 0.3 is 17.9 Å². The molecule has 8 atom stereocenters. The molecule has 3 unspecified atom stereocenters. The maximum atomic E-state index is 12.0. The summed E-state index contributed by atoms with van der Waals surface area (Å²) < 4.78 is 10.8. The van der Waals surface area contributed by atoms with E-state index in [0.29, 0.717) is 16.8 Å². The minimum Gasteiger partial charge on any atom is -0.504 e. The van der Waals surface area contributed by atoms with Crippen molar-refractivity contribution >= 4 is 23.6 Å². The van der Waals surface area contributed by atoms with Gasteiger partial charge in [-0.15, -0.1) is 0 Å². The van der Waals surface area contributed by atoms with Crippen LogP contribution in [0.5, 0.6) is 11.5 Å². The molecule has 2 saturated heterocycles. The summed E-state index contributed by atoms with van der Waals surface area (Å²) in [5.74, 6) is -4.24. The first-order valence-electron chi connectivity index (χ1n) is 12.1. The number of hydrogen-bond donors (Lipinski definition) is 9. The number of anilines is 1. The van der Waals surface area contributed by atoms with Crippen molar-refractivity contribution in [1.82, 2.24) is 5.32 Å². The Morgan fingerprint density at radius 2 is 1.62 bits per heavy atom. The fourth-order valence-corrected chi connectivity index (χ4v) is 5.03. The second-order valence-electron chi connectivity index (χ2n) is 9.69. The Bertz CT molecular complexity index is 1130. The van der Waals surface area contributed by atoms with Gasteiger partial charge in [0.1, 0.15) is 42.5 Å². The van der Waals surface area contributed by atoms with E-state index in [9.17, 15) is 55.2 Å². The lowest BCUT2D eigenvalue weighted by Gasteiger charge is -2.39. The summed E-state index contributed by atoms with van der Waals surface area (Å²) in [7, 11) is 0. The van der Waals surface area contributed by atoms with Crippen molar-refractivity contribution < 1.29 is 64.7 Å². The maximum absolute atomic E-state index is 12.0. The number of phenols is 1. The third kappa shape index (κ3) is 5.78. The molecule has 0 amide bonds. The van der Waals surface area contributed by atoms with Gasteiger partial charge in [0.15, 0.2) is 11.5 Å². The van der Waals surface area contributed by atoms with Gasteiger partial charge in [-0.05, 0) is 24.5 Å². The largest absolute Gasteiger partial charge is 0.504 e. The lowest BCUT2D eigenvalue weighted by molar-refractivity contribution is -0.277. The zero-order chi connectivity index (χ0) is 28.6. The molecule has 3 aliphatic heterocycles. The lowest BCUT2D eigenvalue weighted by atomic mass is 9.92. The Kier molecular flexibility index (Phi) is 8.29. The third-order valence-corrected chi connectivity index (χ3v) is 7.14. The van der Waals surface area contributed by atoms with Crippen LogP contribution in [0, 0.1) is 0 Å². The number of carbonyl (C=O) groups is 3. The van der Waals surface area contributed by atoms with E-state index in [1.807, 2.05) is 0 Å². The van der Waals surface area contributed by atoms with Crippen LogP contribution in [-0.2, 0) is 25.5 Å². The number of nitrogens with zero attached hydrogens (tertiary/aromatic N) is 1. The number of aliphatic hydroxyl groups excluding tert-OH is 4. The zero-order valence-electron chi connectivity index (χ0n) is 20.5. The van der Waals surface area contributed by atoms with Gasteiger partial charge in [0.2, 0.25) is 6.29 Å². The quantitative estimate of drug-likeness (QED) is 0.152. The Balaban J connectivity index is 1.57. The zero-order valence-corrected chi connectivity index (χ0v) is 20.5. The highest BCUT2D eigenvalue weighted by Crippen LogP contribution is 2.41. The number of ether oxygens (including phenoxy) is 2. The average molecular weight is 555 g/mol. The van der Waals surface area contributed by atoms with Crippen LogP contribution in [0.15, 0.2) is 23.8 Å². The molecule has 1 aromatic rings. The Hall–Kier alpha value is -3.47. The number of benzene rings is 1. The molecule has 0 spiro atoms. The van der Waals surface area contributed by atoms with E-state index in [4.69, 9.17) is 9.47 Å². The number of aliphatic carboxylic acids is 3. The molecular weight excluding hydrogens is 524 g/mol. The highest BCUT2D eigenvalue weighted by molar-refractivity contribution is 5.83. The summed E-state index contributed by atoms with van der Waals surface area (Å²) in [5, 5.41) is 81.2. The highest BCUT2D eigenvalue weighted by atomic mass is 16.7. The minimum absolute atomic E-state index is 0.00375. The highest BCUT2D eigenvalue weighted by Gasteiger charge is 2.45. The van der Waals surface area contributed by atoms with Crippen LogP contribution in [0.3, 0.4) is 0 Å². The van der Waals surface area contributed by atoms with Crippen molar-refractivity contribution in [3.05, 3.63) is 29.3 Å². The van der Waals surface area contributed by atoms with Gasteiger partial charge in [0, 0.05) is 24.7 Å². The Morgan fingerprint density at radius 3 is 2.18 bits per heavy atom. The van der Waals surface area contributed by atoms with Crippen LogP contribution >= 0.6 is 0 Å². The van der Waals surface area contributed by atoms with E-state index < -0.39 is 79.1 Å². The van der Waals surface area contributed by atoms with Crippen LogP contribution in [0.1, 0.15) is 18.4 Å². The van der Waals surface area contributed by atoms with E-state index in [0.717, 1.165) is 0 Å². The van der Waals surface area contributed by atoms with Gasteiger partial charge in [0.25, 0.3) is 0 Å². The van der Waals surface area contributed by atoms with Crippen molar-refractivity contribution in [2.24, 2.45) is 0 Å². The molecule has 0 aromatic heterocycles. The molecule has 0 bridgehead atoms.